The number of nitrogens with zero attached hydrogens (tertiary/aromatic N) is 1. The number of carboxylic acid groups (broad SMARTS) is 1. The van der Waals surface area contributed by atoms with Crippen molar-refractivity contribution < 1.29 is 52.7 Å². The number of nitrogens with one attached hydrogen (secondary N) is 2. The summed E-state index contributed by atoms with van der Waals surface area (Å²) in [6, 6.07) is 3.42. The molecule has 2 atom stereocenters. The quantitative estimate of drug-likeness (QED) is 0.120. The molecule has 226 valence electrons. The zero-order chi connectivity index (χ0) is 31.0. The summed E-state index contributed by atoms with van der Waals surface area (Å²) in [4.78, 5) is 79.4. The number of benzene rings is 1. The Kier molecular flexibility index (Phi) is 11.6. The van der Waals surface area contributed by atoms with Crippen LogP contribution in [0.4, 0.5) is 10.5 Å². The number of carbonyl (C=O) groups is 5. The fraction of sp³-hybridized carbons (Fsp3) is 0.500. The van der Waals surface area contributed by atoms with Gasteiger partial charge in [-0.15, -0.1) is 0 Å². The SMILES string of the molecule is CC(CC(Cc1ccc(OP(=O)(O)O)c(NC(=O)CCCCN2C(=O)C=CC2=O)c1)NC(=O)OC(C)(C)C)C(=O)O. The topological polar surface area (TPSA) is 209 Å². The van der Waals surface area contributed by atoms with Gasteiger partial charge in [0, 0.05) is 31.2 Å². The Balaban J connectivity index is 2.15. The molecule has 0 aromatic heterocycles. The number of carboxylic acids is 1. The minimum absolute atomic E-state index is 0.0256. The lowest BCUT2D eigenvalue weighted by atomic mass is 9.96. The van der Waals surface area contributed by atoms with Gasteiger partial charge in [-0.1, -0.05) is 13.0 Å². The molecule has 2 unspecified atom stereocenters. The zero-order valence-corrected chi connectivity index (χ0v) is 24.2. The number of ether oxygens (including phenoxy) is 1. The molecule has 0 aliphatic carbocycles. The van der Waals surface area contributed by atoms with Crippen LogP contribution in [-0.4, -0.2) is 67.8 Å². The van der Waals surface area contributed by atoms with E-state index in [2.05, 4.69) is 10.6 Å². The molecule has 1 aliphatic heterocycles. The monoisotopic (exact) mass is 597 g/mol. The molecule has 1 aliphatic rings. The Morgan fingerprint density at radius 1 is 1.07 bits per heavy atom. The summed E-state index contributed by atoms with van der Waals surface area (Å²) in [5.74, 6) is -3.54. The number of unbranched alkanes of at least 4 members (excludes halogenated alkanes) is 1. The molecule has 1 aromatic carbocycles. The van der Waals surface area contributed by atoms with Gasteiger partial charge >= 0.3 is 19.9 Å². The standard InChI is InChI=1S/C26H36N3O11P/c1-16(24(33)34)13-18(27-25(35)39-26(2,3)4)14-17-8-9-20(40-41(36,37)38)19(15-17)28-21(30)7-5-6-12-29-22(31)10-11-23(29)32/h8-11,15-16,18H,5-7,12-14H2,1-4H3,(H,27,35)(H,28,30)(H,33,34)(H2,36,37,38). The van der Waals surface area contributed by atoms with Gasteiger partial charge in [0.15, 0.2) is 5.75 Å². The molecule has 1 aromatic rings. The van der Waals surface area contributed by atoms with Gasteiger partial charge in [-0.3, -0.25) is 33.9 Å². The van der Waals surface area contributed by atoms with Gasteiger partial charge in [0.1, 0.15) is 5.60 Å². The van der Waals surface area contributed by atoms with Gasteiger partial charge < -0.3 is 25.0 Å². The van der Waals surface area contributed by atoms with Crippen molar-refractivity contribution in [3.05, 3.63) is 35.9 Å². The number of imide groups is 1. The summed E-state index contributed by atoms with van der Waals surface area (Å²) in [5.41, 5.74) is -0.342. The van der Waals surface area contributed by atoms with Crippen molar-refractivity contribution in [1.29, 1.82) is 0 Å². The molecule has 15 heteroatoms. The van der Waals surface area contributed by atoms with Crippen LogP contribution in [0.1, 0.15) is 58.9 Å². The fourth-order valence-corrected chi connectivity index (χ4v) is 4.32. The first-order valence-corrected chi connectivity index (χ1v) is 14.4. The first kappa shape index (κ1) is 33.5. The van der Waals surface area contributed by atoms with Crippen LogP contribution in [0.25, 0.3) is 0 Å². The average molecular weight is 598 g/mol. The fourth-order valence-electron chi connectivity index (χ4n) is 3.91. The van der Waals surface area contributed by atoms with Crippen LogP contribution in [0.2, 0.25) is 0 Å². The third-order valence-electron chi connectivity index (χ3n) is 5.73. The molecule has 2 rings (SSSR count). The van der Waals surface area contributed by atoms with Crippen molar-refractivity contribution in [2.75, 3.05) is 11.9 Å². The number of phosphoric ester groups is 1. The number of alkyl carbamates (subject to hydrolysis) is 1. The van der Waals surface area contributed by atoms with Crippen molar-refractivity contribution in [2.24, 2.45) is 5.92 Å². The summed E-state index contributed by atoms with van der Waals surface area (Å²) < 4.78 is 21.5. The smallest absolute Gasteiger partial charge is 0.481 e. The highest BCUT2D eigenvalue weighted by Crippen LogP contribution is 2.41. The van der Waals surface area contributed by atoms with E-state index >= 15 is 0 Å². The van der Waals surface area contributed by atoms with Gasteiger partial charge in [-0.05, 0) is 64.2 Å². The molecule has 14 nitrogen and oxygen atoms in total. The van der Waals surface area contributed by atoms with Crippen LogP contribution in [0.5, 0.6) is 5.75 Å². The second-order valence-electron chi connectivity index (χ2n) is 10.6. The van der Waals surface area contributed by atoms with Crippen LogP contribution >= 0.6 is 7.82 Å². The van der Waals surface area contributed by atoms with E-state index in [4.69, 9.17) is 9.26 Å². The maximum atomic E-state index is 12.6. The highest BCUT2D eigenvalue weighted by atomic mass is 31.2. The van der Waals surface area contributed by atoms with E-state index in [1.165, 1.54) is 37.3 Å². The normalized spacial score (nSPS) is 14.9. The minimum Gasteiger partial charge on any atom is -0.481 e. The first-order chi connectivity index (χ1) is 18.9. The highest BCUT2D eigenvalue weighted by Gasteiger charge is 2.26. The summed E-state index contributed by atoms with van der Waals surface area (Å²) in [5, 5.41) is 14.6. The van der Waals surface area contributed by atoms with E-state index < -0.39 is 55.2 Å². The van der Waals surface area contributed by atoms with Crippen LogP contribution in [0, 0.1) is 5.92 Å². The molecule has 0 radical (unpaired) electrons. The summed E-state index contributed by atoms with van der Waals surface area (Å²) in [6.07, 6.45) is 2.38. The Bertz CT molecular complexity index is 1220. The molecular weight excluding hydrogens is 561 g/mol. The zero-order valence-electron chi connectivity index (χ0n) is 23.3. The Morgan fingerprint density at radius 3 is 2.27 bits per heavy atom. The van der Waals surface area contributed by atoms with Crippen LogP contribution in [0.3, 0.4) is 0 Å². The number of phosphoric acid groups is 1. The van der Waals surface area contributed by atoms with Crippen LogP contribution in [-0.2, 0) is 34.9 Å². The van der Waals surface area contributed by atoms with Crippen molar-refractivity contribution in [3.8, 4) is 5.75 Å². The Labute approximate surface area is 237 Å². The number of carbonyl (C=O) groups excluding carboxylic acids is 4. The molecular formula is C26H36N3O11P. The third-order valence-corrected chi connectivity index (χ3v) is 6.17. The minimum atomic E-state index is -4.99. The maximum Gasteiger partial charge on any atom is 0.524 e. The molecule has 0 spiro atoms. The molecule has 41 heavy (non-hydrogen) atoms. The lowest BCUT2D eigenvalue weighted by Crippen LogP contribution is -2.41. The lowest BCUT2D eigenvalue weighted by molar-refractivity contribution is -0.141. The average Bonchev–Trinajstić information content (AvgIpc) is 3.13. The van der Waals surface area contributed by atoms with Crippen molar-refractivity contribution >= 4 is 43.3 Å². The van der Waals surface area contributed by atoms with E-state index in [1.54, 1.807) is 20.8 Å². The van der Waals surface area contributed by atoms with Crippen molar-refractivity contribution in [3.63, 3.8) is 0 Å². The number of rotatable bonds is 14. The maximum absolute atomic E-state index is 12.6. The lowest BCUT2D eigenvalue weighted by Gasteiger charge is -2.25. The van der Waals surface area contributed by atoms with Gasteiger partial charge in [-0.25, -0.2) is 9.36 Å². The van der Waals surface area contributed by atoms with Crippen LogP contribution < -0.4 is 15.2 Å². The number of hydrogen-bond acceptors (Lipinski definition) is 8. The Morgan fingerprint density at radius 2 is 1.71 bits per heavy atom. The molecule has 5 N–H and O–H groups in total. The number of anilines is 1. The van der Waals surface area contributed by atoms with Gasteiger partial charge in [-0.2, -0.15) is 0 Å². The third kappa shape index (κ3) is 12.1. The molecule has 0 fully saturated rings. The van der Waals surface area contributed by atoms with E-state index in [-0.39, 0.29) is 37.2 Å². The number of hydrogen-bond donors (Lipinski definition) is 5. The van der Waals surface area contributed by atoms with E-state index in [1.807, 2.05) is 0 Å². The first-order valence-electron chi connectivity index (χ1n) is 12.9. The second kappa shape index (κ2) is 14.2. The predicted octanol–water partition coefficient (Wildman–Crippen LogP) is 2.74. The van der Waals surface area contributed by atoms with Gasteiger partial charge in [0.05, 0.1) is 11.6 Å². The number of amides is 4. The molecule has 1 heterocycles. The highest BCUT2D eigenvalue weighted by molar-refractivity contribution is 7.46. The van der Waals surface area contributed by atoms with Gasteiger partial charge in [0.25, 0.3) is 11.8 Å². The Hall–Kier alpha value is -3.74. The van der Waals surface area contributed by atoms with Crippen molar-refractivity contribution in [2.45, 2.75) is 71.4 Å². The van der Waals surface area contributed by atoms with E-state index in [0.717, 1.165) is 4.90 Å². The van der Waals surface area contributed by atoms with Crippen LogP contribution in [0.15, 0.2) is 30.4 Å². The summed E-state index contributed by atoms with van der Waals surface area (Å²) >= 11 is 0. The number of aliphatic carboxylic acids is 1. The van der Waals surface area contributed by atoms with E-state index in [0.29, 0.717) is 18.4 Å². The predicted molar refractivity (Wildman–Crippen MR) is 146 cm³/mol. The largest absolute Gasteiger partial charge is 0.524 e. The second-order valence-corrected chi connectivity index (χ2v) is 11.8. The molecule has 0 bridgehead atoms. The summed E-state index contributed by atoms with van der Waals surface area (Å²) in [7, 11) is -4.99. The molecule has 0 saturated heterocycles. The summed E-state index contributed by atoms with van der Waals surface area (Å²) in [6.45, 7) is 6.66. The van der Waals surface area contributed by atoms with Gasteiger partial charge in [0.2, 0.25) is 5.91 Å². The molecule has 4 amide bonds. The van der Waals surface area contributed by atoms with E-state index in [9.17, 15) is 43.4 Å². The van der Waals surface area contributed by atoms with Crippen molar-refractivity contribution in [1.82, 2.24) is 10.2 Å². The molecule has 0 saturated carbocycles.